The number of rotatable bonds is 6. The predicted molar refractivity (Wildman–Crippen MR) is 106 cm³/mol. The molecule has 0 heterocycles. The van der Waals surface area contributed by atoms with E-state index in [2.05, 4.69) is 5.32 Å². The van der Waals surface area contributed by atoms with E-state index in [1.165, 1.54) is 30.3 Å². The lowest BCUT2D eigenvalue weighted by atomic mass is 10.0. The van der Waals surface area contributed by atoms with E-state index in [4.69, 9.17) is 0 Å². The van der Waals surface area contributed by atoms with Crippen molar-refractivity contribution < 1.29 is 23.4 Å². The Kier molecular flexibility index (Phi) is 5.56. The van der Waals surface area contributed by atoms with E-state index in [0.717, 1.165) is 12.8 Å². The minimum atomic E-state index is -3.98. The van der Waals surface area contributed by atoms with E-state index in [0.29, 0.717) is 11.9 Å². The van der Waals surface area contributed by atoms with Crippen molar-refractivity contribution in [3.05, 3.63) is 60.2 Å². The van der Waals surface area contributed by atoms with E-state index in [1.807, 2.05) is 6.92 Å². The normalized spacial score (nSPS) is 11.5. The number of carbonyl (C=O) groups is 1. The molecule has 0 aromatic heterocycles. The van der Waals surface area contributed by atoms with Crippen LogP contribution >= 0.6 is 0 Å². The van der Waals surface area contributed by atoms with Crippen LogP contribution in [0.5, 0.6) is 11.5 Å². The average Bonchev–Trinajstić information content (AvgIpc) is 2.68. The number of amides is 1. The Bertz CT molecular complexity index is 1120. The van der Waals surface area contributed by atoms with Crippen molar-refractivity contribution in [1.29, 1.82) is 0 Å². The molecule has 0 aliphatic carbocycles. The molecule has 0 saturated carbocycles. The Morgan fingerprint density at radius 3 is 2.29 bits per heavy atom. The van der Waals surface area contributed by atoms with E-state index in [9.17, 15) is 23.4 Å². The monoisotopic (exact) mass is 399 g/mol. The van der Waals surface area contributed by atoms with Crippen LogP contribution in [-0.2, 0) is 9.84 Å². The Morgan fingerprint density at radius 1 is 1.00 bits per heavy atom. The van der Waals surface area contributed by atoms with Crippen molar-refractivity contribution in [3.8, 4) is 11.5 Å². The van der Waals surface area contributed by atoms with Crippen molar-refractivity contribution in [2.75, 3.05) is 6.54 Å². The van der Waals surface area contributed by atoms with E-state index in [-0.39, 0.29) is 32.2 Å². The van der Waals surface area contributed by atoms with Crippen molar-refractivity contribution in [3.63, 3.8) is 0 Å². The van der Waals surface area contributed by atoms with Gasteiger partial charge < -0.3 is 15.5 Å². The Labute approximate surface area is 163 Å². The molecule has 0 unspecified atom stereocenters. The molecule has 0 atom stereocenters. The largest absolute Gasteiger partial charge is 0.508 e. The van der Waals surface area contributed by atoms with Crippen molar-refractivity contribution in [2.45, 2.75) is 29.6 Å². The molecule has 0 spiro atoms. The summed E-state index contributed by atoms with van der Waals surface area (Å²) in [6.07, 6.45) is 1.67. The van der Waals surface area contributed by atoms with Crippen molar-refractivity contribution in [2.24, 2.45) is 0 Å². The number of hydrogen-bond acceptors (Lipinski definition) is 5. The predicted octanol–water partition coefficient (Wildman–Crippen LogP) is 3.61. The van der Waals surface area contributed by atoms with Gasteiger partial charge in [-0.05, 0) is 36.8 Å². The summed E-state index contributed by atoms with van der Waals surface area (Å²) in [6.45, 7) is 2.42. The van der Waals surface area contributed by atoms with Gasteiger partial charge in [0.05, 0.1) is 15.4 Å². The SMILES string of the molecule is CCCCNC(=O)c1cc(S(=O)(=O)c2ccc(O)cc2)c2ccccc2c1O. The van der Waals surface area contributed by atoms with Crippen LogP contribution in [0.2, 0.25) is 0 Å². The molecule has 3 aromatic carbocycles. The van der Waals surface area contributed by atoms with Crippen LogP contribution in [0.15, 0.2) is 64.4 Å². The number of carbonyl (C=O) groups excluding carboxylic acids is 1. The number of hydrogen-bond donors (Lipinski definition) is 3. The first-order chi connectivity index (χ1) is 13.4. The molecule has 3 N–H and O–H groups in total. The first-order valence-electron chi connectivity index (χ1n) is 8.93. The first kappa shape index (κ1) is 19.7. The smallest absolute Gasteiger partial charge is 0.255 e. The number of phenolic OH excluding ortho intramolecular Hbond substituents is 2. The Balaban J connectivity index is 2.20. The Morgan fingerprint density at radius 2 is 1.64 bits per heavy atom. The number of aromatic hydroxyl groups is 2. The van der Waals surface area contributed by atoms with E-state index in [1.54, 1.807) is 24.3 Å². The lowest BCUT2D eigenvalue weighted by Gasteiger charge is -2.14. The summed E-state index contributed by atoms with van der Waals surface area (Å²) < 4.78 is 26.4. The zero-order valence-corrected chi connectivity index (χ0v) is 16.2. The zero-order valence-electron chi connectivity index (χ0n) is 15.3. The summed E-state index contributed by atoms with van der Waals surface area (Å²) in [5.74, 6) is -0.835. The summed E-state index contributed by atoms with van der Waals surface area (Å²) in [7, 11) is -3.98. The number of phenols is 2. The molecule has 28 heavy (non-hydrogen) atoms. The van der Waals surface area contributed by atoms with Crippen molar-refractivity contribution >= 4 is 26.5 Å². The van der Waals surface area contributed by atoms with Gasteiger partial charge in [-0.15, -0.1) is 0 Å². The molecule has 3 rings (SSSR count). The molecule has 1 amide bonds. The molecule has 0 bridgehead atoms. The summed E-state index contributed by atoms with van der Waals surface area (Å²) in [4.78, 5) is 12.5. The van der Waals surface area contributed by atoms with Crippen LogP contribution in [0.25, 0.3) is 10.8 Å². The first-order valence-corrected chi connectivity index (χ1v) is 10.4. The molecule has 7 heteroatoms. The molecule has 6 nitrogen and oxygen atoms in total. The minimum Gasteiger partial charge on any atom is -0.508 e. The number of benzene rings is 3. The summed E-state index contributed by atoms with van der Waals surface area (Å²) in [6, 6.07) is 12.9. The molecule has 0 radical (unpaired) electrons. The molecule has 0 aliphatic heterocycles. The average molecular weight is 399 g/mol. The van der Waals surface area contributed by atoms with Crippen LogP contribution in [0.3, 0.4) is 0 Å². The molecule has 146 valence electrons. The Hall–Kier alpha value is -3.06. The fraction of sp³-hybridized carbons (Fsp3) is 0.190. The van der Waals surface area contributed by atoms with Crippen molar-refractivity contribution in [1.82, 2.24) is 5.32 Å². The standard InChI is InChI=1S/C21H21NO5S/c1-2-3-12-22-21(25)18-13-19(16-6-4-5-7-17(16)20(18)24)28(26,27)15-10-8-14(23)9-11-15/h4-11,13,23-24H,2-3,12H2,1H3,(H,22,25). The molecular weight excluding hydrogens is 378 g/mol. The van der Waals surface area contributed by atoms with E-state index >= 15 is 0 Å². The van der Waals surface area contributed by atoms with Crippen LogP contribution < -0.4 is 5.32 Å². The highest BCUT2D eigenvalue weighted by atomic mass is 32.2. The third kappa shape index (κ3) is 3.66. The van der Waals surface area contributed by atoms with Crippen LogP contribution in [0.4, 0.5) is 0 Å². The zero-order chi connectivity index (χ0) is 20.3. The lowest BCUT2D eigenvalue weighted by Crippen LogP contribution is -2.24. The summed E-state index contributed by atoms with van der Waals surface area (Å²) >= 11 is 0. The molecule has 0 fully saturated rings. The van der Waals surface area contributed by atoms with Crippen LogP contribution in [0, 0.1) is 0 Å². The van der Waals surface area contributed by atoms with Gasteiger partial charge in [0.2, 0.25) is 9.84 Å². The lowest BCUT2D eigenvalue weighted by molar-refractivity contribution is 0.0950. The molecule has 3 aromatic rings. The molecular formula is C21H21NO5S. The van der Waals surface area contributed by atoms with Gasteiger partial charge in [-0.1, -0.05) is 37.6 Å². The van der Waals surface area contributed by atoms with E-state index < -0.39 is 15.7 Å². The van der Waals surface area contributed by atoms with Gasteiger partial charge in [0.15, 0.2) is 0 Å². The topological polar surface area (TPSA) is 104 Å². The second-order valence-corrected chi connectivity index (χ2v) is 8.34. The summed E-state index contributed by atoms with van der Waals surface area (Å²) in [5.41, 5.74) is -0.0906. The van der Waals surface area contributed by atoms with Crippen LogP contribution in [0.1, 0.15) is 30.1 Å². The highest BCUT2D eigenvalue weighted by Gasteiger charge is 2.25. The maximum atomic E-state index is 13.2. The molecule has 0 saturated heterocycles. The summed E-state index contributed by atoms with van der Waals surface area (Å²) in [5, 5.41) is 23.3. The highest BCUT2D eigenvalue weighted by molar-refractivity contribution is 7.91. The quantitative estimate of drug-likeness (QED) is 0.549. The fourth-order valence-corrected chi connectivity index (χ4v) is 4.44. The van der Waals surface area contributed by atoms with Gasteiger partial charge in [-0.2, -0.15) is 0 Å². The number of fused-ring (bicyclic) bond motifs is 1. The minimum absolute atomic E-state index is 0.0153. The maximum Gasteiger partial charge on any atom is 0.255 e. The van der Waals surface area contributed by atoms with Gasteiger partial charge in [0.1, 0.15) is 11.5 Å². The van der Waals surface area contributed by atoms with Gasteiger partial charge in [0.25, 0.3) is 5.91 Å². The third-order valence-electron chi connectivity index (χ3n) is 4.48. The number of nitrogens with one attached hydrogen (secondary N) is 1. The molecule has 0 aliphatic rings. The highest BCUT2D eigenvalue weighted by Crippen LogP contribution is 2.36. The van der Waals surface area contributed by atoms with Gasteiger partial charge in [-0.3, -0.25) is 4.79 Å². The number of sulfone groups is 1. The van der Waals surface area contributed by atoms with Gasteiger partial charge in [-0.25, -0.2) is 8.42 Å². The van der Waals surface area contributed by atoms with Crippen LogP contribution in [-0.4, -0.2) is 31.1 Å². The van der Waals surface area contributed by atoms with Gasteiger partial charge in [0, 0.05) is 17.3 Å². The number of unbranched alkanes of at least 4 members (excludes halogenated alkanes) is 1. The maximum absolute atomic E-state index is 13.2. The van der Waals surface area contributed by atoms with Gasteiger partial charge >= 0.3 is 0 Å². The fourth-order valence-electron chi connectivity index (χ4n) is 2.95. The third-order valence-corrected chi connectivity index (χ3v) is 6.28. The second kappa shape index (κ2) is 7.90. The second-order valence-electron chi connectivity index (χ2n) is 6.42.